The van der Waals surface area contributed by atoms with E-state index in [0.717, 1.165) is 11.3 Å². The number of amides is 2. The molecule has 25 heavy (non-hydrogen) atoms. The molecule has 0 aliphatic heterocycles. The lowest BCUT2D eigenvalue weighted by molar-refractivity contribution is -0.122. The number of rotatable bonds is 7. The van der Waals surface area contributed by atoms with Crippen LogP contribution in [-0.2, 0) is 4.79 Å². The summed E-state index contributed by atoms with van der Waals surface area (Å²) in [7, 11) is 0. The van der Waals surface area contributed by atoms with Crippen LogP contribution in [0.2, 0.25) is 5.02 Å². The predicted octanol–water partition coefficient (Wildman–Crippen LogP) is 2.96. The number of nitrogens with one attached hydrogen (secondary N) is 2. The summed E-state index contributed by atoms with van der Waals surface area (Å²) in [6.07, 6.45) is 0. The first-order valence-electron chi connectivity index (χ1n) is 8.00. The number of carbonyl (C=O) groups excluding carboxylic acids is 2. The van der Waals surface area contributed by atoms with E-state index in [1.165, 1.54) is 0 Å². The van der Waals surface area contributed by atoms with Gasteiger partial charge in [0, 0.05) is 0 Å². The highest BCUT2D eigenvalue weighted by Crippen LogP contribution is 2.14. The quantitative estimate of drug-likeness (QED) is 0.746. The number of hydrogen-bond acceptors (Lipinski definition) is 3. The van der Waals surface area contributed by atoms with Gasteiger partial charge in [0.1, 0.15) is 18.4 Å². The normalized spacial score (nSPS) is 11.5. The molecule has 2 amide bonds. The standard InChI is InChI=1S/C19H21ClN2O3/c1-13-7-9-15(10-8-13)25-12-11-21-18(23)14(2)22-19(24)16-5-3-4-6-17(16)20/h3-10,14H,11-12H2,1-2H3,(H,21,23)(H,22,24)/t14-/m0/s1. The van der Waals surface area contributed by atoms with E-state index < -0.39 is 6.04 Å². The average Bonchev–Trinajstić information content (AvgIpc) is 2.60. The van der Waals surface area contributed by atoms with Crippen LogP contribution < -0.4 is 15.4 Å². The molecule has 1 atom stereocenters. The van der Waals surface area contributed by atoms with Crippen LogP contribution in [0.3, 0.4) is 0 Å². The molecule has 2 N–H and O–H groups in total. The third-order valence-corrected chi connectivity index (χ3v) is 3.88. The molecule has 0 unspecified atom stereocenters. The molecule has 0 saturated heterocycles. The number of hydrogen-bond donors (Lipinski definition) is 2. The molecule has 132 valence electrons. The van der Waals surface area contributed by atoms with Crippen molar-refractivity contribution in [2.24, 2.45) is 0 Å². The highest BCUT2D eigenvalue weighted by Gasteiger charge is 2.17. The Labute approximate surface area is 152 Å². The van der Waals surface area contributed by atoms with E-state index in [2.05, 4.69) is 10.6 Å². The summed E-state index contributed by atoms with van der Waals surface area (Å²) in [4.78, 5) is 24.2. The first-order valence-corrected chi connectivity index (χ1v) is 8.37. The van der Waals surface area contributed by atoms with Crippen LogP contribution in [0.1, 0.15) is 22.8 Å². The summed E-state index contributed by atoms with van der Waals surface area (Å²) in [5.74, 6) is 0.0805. The monoisotopic (exact) mass is 360 g/mol. The molecule has 0 spiro atoms. The van der Waals surface area contributed by atoms with Gasteiger partial charge in [0.25, 0.3) is 5.91 Å². The lowest BCUT2D eigenvalue weighted by Gasteiger charge is -2.15. The highest BCUT2D eigenvalue weighted by molar-refractivity contribution is 6.33. The second-order valence-electron chi connectivity index (χ2n) is 5.63. The topological polar surface area (TPSA) is 67.4 Å². The maximum Gasteiger partial charge on any atom is 0.253 e. The Hall–Kier alpha value is -2.53. The van der Waals surface area contributed by atoms with Gasteiger partial charge in [-0.15, -0.1) is 0 Å². The Bertz CT molecular complexity index is 732. The van der Waals surface area contributed by atoms with Crippen molar-refractivity contribution in [2.45, 2.75) is 19.9 Å². The van der Waals surface area contributed by atoms with Crippen LogP contribution >= 0.6 is 11.6 Å². The third kappa shape index (κ3) is 5.80. The van der Waals surface area contributed by atoms with Crippen molar-refractivity contribution >= 4 is 23.4 Å². The van der Waals surface area contributed by atoms with Crippen molar-refractivity contribution in [2.75, 3.05) is 13.2 Å². The molecule has 0 fully saturated rings. The number of carbonyl (C=O) groups is 2. The van der Waals surface area contributed by atoms with Crippen molar-refractivity contribution in [1.82, 2.24) is 10.6 Å². The van der Waals surface area contributed by atoms with E-state index >= 15 is 0 Å². The lowest BCUT2D eigenvalue weighted by atomic mass is 10.2. The molecule has 0 aliphatic carbocycles. The van der Waals surface area contributed by atoms with Gasteiger partial charge >= 0.3 is 0 Å². The van der Waals surface area contributed by atoms with Crippen molar-refractivity contribution in [3.05, 3.63) is 64.7 Å². The Balaban J connectivity index is 1.74. The molecule has 0 aromatic heterocycles. The van der Waals surface area contributed by atoms with Crippen molar-refractivity contribution in [1.29, 1.82) is 0 Å². The van der Waals surface area contributed by atoms with Crippen LogP contribution in [0.25, 0.3) is 0 Å². The summed E-state index contributed by atoms with van der Waals surface area (Å²) in [6, 6.07) is 13.7. The summed E-state index contributed by atoms with van der Waals surface area (Å²) in [5, 5.41) is 5.70. The summed E-state index contributed by atoms with van der Waals surface area (Å²) in [5.41, 5.74) is 1.50. The zero-order valence-corrected chi connectivity index (χ0v) is 15.0. The van der Waals surface area contributed by atoms with Gasteiger partial charge in [-0.05, 0) is 38.1 Å². The number of aryl methyl sites for hydroxylation is 1. The van der Waals surface area contributed by atoms with E-state index in [1.54, 1.807) is 31.2 Å². The number of benzene rings is 2. The fraction of sp³-hybridized carbons (Fsp3) is 0.263. The minimum absolute atomic E-state index is 0.284. The molecule has 2 rings (SSSR count). The lowest BCUT2D eigenvalue weighted by Crippen LogP contribution is -2.45. The van der Waals surface area contributed by atoms with E-state index in [4.69, 9.17) is 16.3 Å². The number of halogens is 1. The Kier molecular flexibility index (Phi) is 6.83. The van der Waals surface area contributed by atoms with Gasteiger partial charge in [-0.1, -0.05) is 41.4 Å². The highest BCUT2D eigenvalue weighted by atomic mass is 35.5. The first-order chi connectivity index (χ1) is 12.0. The fourth-order valence-corrected chi connectivity index (χ4v) is 2.34. The smallest absolute Gasteiger partial charge is 0.253 e. The van der Waals surface area contributed by atoms with Crippen LogP contribution in [0, 0.1) is 6.92 Å². The first kappa shape index (κ1) is 18.8. The van der Waals surface area contributed by atoms with Gasteiger partial charge in [-0.2, -0.15) is 0 Å². The molecular weight excluding hydrogens is 340 g/mol. The summed E-state index contributed by atoms with van der Waals surface area (Å²) >= 11 is 5.97. The summed E-state index contributed by atoms with van der Waals surface area (Å²) in [6.45, 7) is 4.31. The molecule has 0 heterocycles. The van der Waals surface area contributed by atoms with E-state index in [1.807, 2.05) is 31.2 Å². The maximum atomic E-state index is 12.1. The molecule has 0 aliphatic rings. The van der Waals surface area contributed by atoms with E-state index in [-0.39, 0.29) is 11.8 Å². The molecule has 6 heteroatoms. The zero-order valence-electron chi connectivity index (χ0n) is 14.2. The molecule has 2 aromatic rings. The third-order valence-electron chi connectivity index (χ3n) is 3.55. The van der Waals surface area contributed by atoms with Crippen LogP contribution in [0.5, 0.6) is 5.75 Å². The van der Waals surface area contributed by atoms with Crippen molar-refractivity contribution in [3.63, 3.8) is 0 Å². The van der Waals surface area contributed by atoms with Gasteiger partial charge in [0.2, 0.25) is 5.91 Å². The molecular formula is C19H21ClN2O3. The SMILES string of the molecule is Cc1ccc(OCCNC(=O)[C@H](C)NC(=O)c2ccccc2Cl)cc1. The largest absolute Gasteiger partial charge is 0.492 e. The zero-order chi connectivity index (χ0) is 18.2. The van der Waals surface area contributed by atoms with Crippen molar-refractivity contribution in [3.8, 4) is 5.75 Å². The van der Waals surface area contributed by atoms with Crippen LogP contribution in [0.4, 0.5) is 0 Å². The van der Waals surface area contributed by atoms with Crippen LogP contribution in [0.15, 0.2) is 48.5 Å². The second kappa shape index (κ2) is 9.08. The van der Waals surface area contributed by atoms with Crippen LogP contribution in [-0.4, -0.2) is 31.0 Å². The Morgan fingerprint density at radius 2 is 1.80 bits per heavy atom. The molecule has 0 radical (unpaired) electrons. The van der Waals surface area contributed by atoms with Gasteiger partial charge in [-0.3, -0.25) is 9.59 Å². The summed E-state index contributed by atoms with van der Waals surface area (Å²) < 4.78 is 5.54. The maximum absolute atomic E-state index is 12.1. The van der Waals surface area contributed by atoms with E-state index in [0.29, 0.717) is 23.7 Å². The number of ether oxygens (including phenoxy) is 1. The van der Waals surface area contributed by atoms with Gasteiger partial charge in [0.15, 0.2) is 0 Å². The van der Waals surface area contributed by atoms with Crippen molar-refractivity contribution < 1.29 is 14.3 Å². The predicted molar refractivity (Wildman–Crippen MR) is 98.1 cm³/mol. The molecule has 0 saturated carbocycles. The minimum atomic E-state index is -0.678. The molecule has 5 nitrogen and oxygen atoms in total. The van der Waals surface area contributed by atoms with Gasteiger partial charge in [0.05, 0.1) is 17.1 Å². The average molecular weight is 361 g/mol. The Morgan fingerprint density at radius 1 is 1.12 bits per heavy atom. The molecule has 2 aromatic carbocycles. The van der Waals surface area contributed by atoms with Gasteiger partial charge < -0.3 is 15.4 Å². The van der Waals surface area contributed by atoms with Gasteiger partial charge in [-0.25, -0.2) is 0 Å². The second-order valence-corrected chi connectivity index (χ2v) is 6.03. The fourth-order valence-electron chi connectivity index (χ4n) is 2.12. The Morgan fingerprint density at radius 3 is 2.48 bits per heavy atom. The van der Waals surface area contributed by atoms with E-state index in [9.17, 15) is 9.59 Å². The molecule has 0 bridgehead atoms. The minimum Gasteiger partial charge on any atom is -0.492 e.